The van der Waals surface area contributed by atoms with Crippen molar-refractivity contribution in [2.24, 2.45) is 7.05 Å². The standard InChI is InChI=1S/C21H20F3N3O3/c1-27-7-6-16-17(12-2-4-13(5-3-12)21(22,23)24)9-25-19(18(16)20(27)29)26-14-8-15(28)11-30-10-14/h2-7,9,14-15,28H,8,10-11H2,1H3,(H,25,26)/t14-,15+/m0/s1. The van der Waals surface area contributed by atoms with Crippen LogP contribution in [-0.4, -0.2) is 40.0 Å². The minimum absolute atomic E-state index is 0.216. The van der Waals surface area contributed by atoms with Crippen LogP contribution in [0.1, 0.15) is 12.0 Å². The Hall–Kier alpha value is -2.91. The first-order chi connectivity index (χ1) is 14.2. The number of alkyl halides is 3. The molecule has 0 bridgehead atoms. The molecule has 0 saturated carbocycles. The highest BCUT2D eigenvalue weighted by Gasteiger charge is 2.30. The lowest BCUT2D eigenvalue weighted by Crippen LogP contribution is -2.38. The molecule has 2 aromatic heterocycles. The first-order valence-electron chi connectivity index (χ1n) is 9.42. The third kappa shape index (κ3) is 3.90. The van der Waals surface area contributed by atoms with E-state index in [1.807, 2.05) is 0 Å². The SMILES string of the molecule is Cn1ccc2c(-c3ccc(C(F)(F)F)cc3)cnc(N[C@@H]3COC[C@H](O)C3)c2c1=O. The number of anilines is 1. The molecule has 4 rings (SSSR count). The molecule has 0 spiro atoms. The second-order valence-corrected chi connectivity index (χ2v) is 7.38. The number of pyridine rings is 2. The van der Waals surface area contributed by atoms with Gasteiger partial charge in [0.1, 0.15) is 5.82 Å². The number of nitrogens with one attached hydrogen (secondary N) is 1. The summed E-state index contributed by atoms with van der Waals surface area (Å²) in [5, 5.41) is 13.9. The van der Waals surface area contributed by atoms with E-state index in [0.29, 0.717) is 40.7 Å². The number of benzene rings is 1. The number of aliphatic hydroxyl groups is 1. The summed E-state index contributed by atoms with van der Waals surface area (Å²) < 4.78 is 45.4. The van der Waals surface area contributed by atoms with Crippen molar-refractivity contribution in [2.75, 3.05) is 18.5 Å². The molecule has 1 fully saturated rings. The van der Waals surface area contributed by atoms with Crippen molar-refractivity contribution in [1.82, 2.24) is 9.55 Å². The van der Waals surface area contributed by atoms with Crippen LogP contribution < -0.4 is 10.9 Å². The van der Waals surface area contributed by atoms with Crippen LogP contribution in [0.2, 0.25) is 0 Å². The largest absolute Gasteiger partial charge is 0.416 e. The molecule has 1 aliphatic rings. The van der Waals surface area contributed by atoms with Crippen molar-refractivity contribution in [3.8, 4) is 11.1 Å². The number of ether oxygens (including phenoxy) is 1. The molecule has 3 aromatic rings. The van der Waals surface area contributed by atoms with Gasteiger partial charge < -0.3 is 19.7 Å². The van der Waals surface area contributed by atoms with E-state index in [1.165, 1.54) is 22.9 Å². The normalized spacial score (nSPS) is 19.8. The van der Waals surface area contributed by atoms with Gasteiger partial charge >= 0.3 is 6.18 Å². The topological polar surface area (TPSA) is 76.4 Å². The van der Waals surface area contributed by atoms with Gasteiger partial charge in [0.25, 0.3) is 5.56 Å². The highest BCUT2D eigenvalue weighted by molar-refractivity contribution is 6.01. The third-order valence-electron chi connectivity index (χ3n) is 5.17. The summed E-state index contributed by atoms with van der Waals surface area (Å²) >= 11 is 0. The lowest BCUT2D eigenvalue weighted by atomic mass is 10.00. The quantitative estimate of drug-likeness (QED) is 0.682. The van der Waals surface area contributed by atoms with Crippen molar-refractivity contribution >= 4 is 16.6 Å². The van der Waals surface area contributed by atoms with Crippen molar-refractivity contribution in [1.29, 1.82) is 0 Å². The van der Waals surface area contributed by atoms with Gasteiger partial charge in [0.2, 0.25) is 0 Å². The zero-order valence-electron chi connectivity index (χ0n) is 16.1. The predicted molar refractivity (Wildman–Crippen MR) is 106 cm³/mol. The molecular formula is C21H20F3N3O3. The first-order valence-corrected chi connectivity index (χ1v) is 9.42. The third-order valence-corrected chi connectivity index (χ3v) is 5.17. The van der Waals surface area contributed by atoms with E-state index in [0.717, 1.165) is 12.1 Å². The Bertz CT molecular complexity index is 1130. The molecule has 2 N–H and O–H groups in total. The number of aliphatic hydroxyl groups excluding tert-OH is 1. The highest BCUT2D eigenvalue weighted by atomic mass is 19.4. The van der Waals surface area contributed by atoms with Crippen molar-refractivity contribution in [3.63, 3.8) is 0 Å². The molecule has 9 heteroatoms. The number of nitrogens with zero attached hydrogens (tertiary/aromatic N) is 2. The van der Waals surface area contributed by atoms with E-state index in [1.54, 1.807) is 19.3 Å². The Morgan fingerprint density at radius 1 is 1.20 bits per heavy atom. The van der Waals surface area contributed by atoms with E-state index in [2.05, 4.69) is 10.3 Å². The Labute approximate surface area is 169 Å². The van der Waals surface area contributed by atoms with Crippen LogP contribution in [0.15, 0.2) is 47.5 Å². The van der Waals surface area contributed by atoms with Crippen molar-refractivity contribution in [2.45, 2.75) is 24.7 Å². The minimum atomic E-state index is -4.42. The summed E-state index contributed by atoms with van der Waals surface area (Å²) in [6, 6.07) is 6.28. The van der Waals surface area contributed by atoms with Gasteiger partial charge in [-0.05, 0) is 30.2 Å². The number of hydrogen-bond donors (Lipinski definition) is 2. The van der Waals surface area contributed by atoms with E-state index in [-0.39, 0.29) is 18.2 Å². The lowest BCUT2D eigenvalue weighted by Gasteiger charge is -2.27. The molecule has 0 unspecified atom stereocenters. The first kappa shape index (κ1) is 20.4. The second-order valence-electron chi connectivity index (χ2n) is 7.38. The summed E-state index contributed by atoms with van der Waals surface area (Å²) in [6.07, 6.45) is -1.43. The van der Waals surface area contributed by atoms with Crippen LogP contribution in [0.4, 0.5) is 19.0 Å². The summed E-state index contributed by atoms with van der Waals surface area (Å²) in [7, 11) is 1.61. The van der Waals surface area contributed by atoms with Gasteiger partial charge in [0, 0.05) is 30.4 Å². The zero-order chi connectivity index (χ0) is 21.5. The molecular weight excluding hydrogens is 399 g/mol. The molecule has 0 amide bonds. The smallest absolute Gasteiger partial charge is 0.391 e. The summed E-state index contributed by atoms with van der Waals surface area (Å²) in [5.41, 5.74) is 0.0562. The van der Waals surface area contributed by atoms with Gasteiger partial charge in [-0.15, -0.1) is 0 Å². The second kappa shape index (κ2) is 7.73. The Balaban J connectivity index is 1.80. The van der Waals surface area contributed by atoms with E-state index in [4.69, 9.17) is 4.74 Å². The summed E-state index contributed by atoms with van der Waals surface area (Å²) in [6.45, 7) is 0.634. The average molecular weight is 419 g/mol. The number of hydrogen-bond acceptors (Lipinski definition) is 5. The maximum atomic E-state index is 12.9. The number of fused-ring (bicyclic) bond motifs is 1. The number of halogens is 3. The van der Waals surface area contributed by atoms with Crippen LogP contribution in [-0.2, 0) is 18.0 Å². The van der Waals surface area contributed by atoms with Gasteiger partial charge in [-0.25, -0.2) is 4.98 Å². The zero-order valence-corrected chi connectivity index (χ0v) is 16.1. The Kier molecular flexibility index (Phi) is 5.25. The molecule has 2 atom stereocenters. The van der Waals surface area contributed by atoms with Gasteiger partial charge in [-0.2, -0.15) is 13.2 Å². The number of aryl methyl sites for hydroxylation is 1. The fourth-order valence-corrected chi connectivity index (χ4v) is 3.63. The van der Waals surface area contributed by atoms with Gasteiger partial charge in [-0.1, -0.05) is 12.1 Å². The molecule has 3 heterocycles. The average Bonchev–Trinajstić information content (AvgIpc) is 2.70. The molecule has 0 radical (unpaired) electrons. The lowest BCUT2D eigenvalue weighted by molar-refractivity contribution is -0.137. The van der Waals surface area contributed by atoms with E-state index < -0.39 is 17.8 Å². The molecule has 0 aliphatic carbocycles. The van der Waals surface area contributed by atoms with Crippen molar-refractivity contribution < 1.29 is 23.0 Å². The van der Waals surface area contributed by atoms with Crippen LogP contribution in [0.25, 0.3) is 21.9 Å². The summed E-state index contributed by atoms with van der Waals surface area (Å²) in [4.78, 5) is 17.3. The van der Waals surface area contributed by atoms with E-state index in [9.17, 15) is 23.1 Å². The Morgan fingerprint density at radius 3 is 2.60 bits per heavy atom. The highest BCUT2D eigenvalue weighted by Crippen LogP contribution is 2.34. The Morgan fingerprint density at radius 2 is 1.93 bits per heavy atom. The minimum Gasteiger partial charge on any atom is -0.391 e. The predicted octanol–water partition coefficient (Wildman–Crippen LogP) is 3.18. The fourth-order valence-electron chi connectivity index (χ4n) is 3.63. The van der Waals surface area contributed by atoms with Gasteiger partial charge in [0.05, 0.1) is 36.3 Å². The molecule has 1 aliphatic heterocycles. The van der Waals surface area contributed by atoms with Gasteiger partial charge in [-0.3, -0.25) is 4.79 Å². The molecule has 1 saturated heterocycles. The van der Waals surface area contributed by atoms with Crippen LogP contribution in [0.5, 0.6) is 0 Å². The molecule has 1 aromatic carbocycles. The van der Waals surface area contributed by atoms with Crippen LogP contribution >= 0.6 is 0 Å². The maximum absolute atomic E-state index is 12.9. The van der Waals surface area contributed by atoms with Crippen LogP contribution in [0, 0.1) is 0 Å². The molecule has 30 heavy (non-hydrogen) atoms. The molecule has 6 nitrogen and oxygen atoms in total. The number of aromatic nitrogens is 2. The molecule has 158 valence electrons. The maximum Gasteiger partial charge on any atom is 0.416 e. The van der Waals surface area contributed by atoms with E-state index >= 15 is 0 Å². The van der Waals surface area contributed by atoms with Gasteiger partial charge in [0.15, 0.2) is 0 Å². The number of rotatable bonds is 3. The monoisotopic (exact) mass is 419 g/mol. The van der Waals surface area contributed by atoms with Crippen molar-refractivity contribution in [3.05, 3.63) is 58.6 Å². The summed E-state index contributed by atoms with van der Waals surface area (Å²) in [5.74, 6) is 0.351. The fraction of sp³-hybridized carbons (Fsp3) is 0.333. The van der Waals surface area contributed by atoms with Crippen LogP contribution in [0.3, 0.4) is 0 Å².